The van der Waals surface area contributed by atoms with Crippen molar-refractivity contribution in [3.05, 3.63) is 52.2 Å². The zero-order valence-corrected chi connectivity index (χ0v) is 17.0. The van der Waals surface area contributed by atoms with Crippen molar-refractivity contribution in [3.8, 4) is 0 Å². The normalized spacial score (nSPS) is 15.1. The number of nitrogens with zero attached hydrogens (tertiary/aromatic N) is 2. The molecule has 1 aromatic carbocycles. The van der Waals surface area contributed by atoms with Gasteiger partial charge in [-0.1, -0.05) is 0 Å². The lowest BCUT2D eigenvalue weighted by atomic mass is 10.2. The Morgan fingerprint density at radius 3 is 2.48 bits per heavy atom. The topological polar surface area (TPSA) is 66.9 Å². The zero-order chi connectivity index (χ0) is 19.3. The molecule has 2 heterocycles. The molecule has 1 aliphatic rings. The van der Waals surface area contributed by atoms with Crippen LogP contribution in [0.3, 0.4) is 0 Å². The molecule has 0 atom stereocenters. The molecular formula is C19H24N2O4S2. The smallest absolute Gasteiger partial charge is 0.254 e. The summed E-state index contributed by atoms with van der Waals surface area (Å²) in [7, 11) is -1.86. The predicted octanol–water partition coefficient (Wildman–Crippen LogP) is 2.82. The van der Waals surface area contributed by atoms with Gasteiger partial charge >= 0.3 is 0 Å². The molecule has 6 nitrogen and oxygen atoms in total. The quantitative estimate of drug-likeness (QED) is 0.674. The van der Waals surface area contributed by atoms with Crippen molar-refractivity contribution in [1.29, 1.82) is 0 Å². The summed E-state index contributed by atoms with van der Waals surface area (Å²) in [6.45, 7) is 2.54. The van der Waals surface area contributed by atoms with Gasteiger partial charge in [0.1, 0.15) is 0 Å². The van der Waals surface area contributed by atoms with E-state index in [0.717, 1.165) is 18.4 Å². The summed E-state index contributed by atoms with van der Waals surface area (Å²) >= 11 is 1.59. The lowest BCUT2D eigenvalue weighted by Crippen LogP contribution is -2.33. The highest BCUT2D eigenvalue weighted by atomic mass is 32.2. The van der Waals surface area contributed by atoms with Crippen LogP contribution in [0.15, 0.2) is 46.0 Å². The molecule has 1 fully saturated rings. The van der Waals surface area contributed by atoms with Crippen molar-refractivity contribution in [3.63, 3.8) is 0 Å². The van der Waals surface area contributed by atoms with E-state index in [9.17, 15) is 13.2 Å². The fraction of sp³-hybridized carbons (Fsp3) is 0.421. The summed E-state index contributed by atoms with van der Waals surface area (Å²) in [4.78, 5) is 14.9. The standard InChI is InChI=1S/C19H24N2O4S2/c1-25-12-11-20(14-16-8-13-26-15-16)19(22)17-4-6-18(7-5-17)27(23,24)21-9-2-3-10-21/h4-8,13,15H,2-3,9-12,14H2,1H3. The van der Waals surface area contributed by atoms with E-state index in [1.54, 1.807) is 35.5 Å². The van der Waals surface area contributed by atoms with Crippen molar-refractivity contribution in [2.75, 3.05) is 33.4 Å². The Kier molecular flexibility index (Phi) is 6.64. The number of ether oxygens (including phenoxy) is 1. The van der Waals surface area contributed by atoms with Crippen molar-refractivity contribution in [2.45, 2.75) is 24.3 Å². The first-order valence-electron chi connectivity index (χ1n) is 8.92. The highest BCUT2D eigenvalue weighted by Gasteiger charge is 2.27. The van der Waals surface area contributed by atoms with Crippen LogP contribution in [0.2, 0.25) is 0 Å². The molecule has 0 bridgehead atoms. The minimum atomic E-state index is -3.47. The molecule has 146 valence electrons. The molecule has 0 spiro atoms. The Bertz CT molecular complexity index is 842. The predicted molar refractivity (Wildman–Crippen MR) is 105 cm³/mol. The van der Waals surface area contributed by atoms with Crippen LogP contribution in [0.4, 0.5) is 0 Å². The van der Waals surface area contributed by atoms with Gasteiger partial charge in [-0.2, -0.15) is 15.6 Å². The second-order valence-corrected chi connectivity index (χ2v) is 9.20. The summed E-state index contributed by atoms with van der Waals surface area (Å²) in [5.74, 6) is -0.136. The summed E-state index contributed by atoms with van der Waals surface area (Å²) in [5.41, 5.74) is 1.54. The maximum absolute atomic E-state index is 12.9. The third kappa shape index (κ3) is 4.76. The van der Waals surface area contributed by atoms with Crippen molar-refractivity contribution in [1.82, 2.24) is 9.21 Å². The zero-order valence-electron chi connectivity index (χ0n) is 15.3. The third-order valence-electron chi connectivity index (χ3n) is 4.61. The van der Waals surface area contributed by atoms with Crippen molar-refractivity contribution >= 4 is 27.3 Å². The minimum absolute atomic E-state index is 0.136. The second-order valence-electron chi connectivity index (χ2n) is 6.49. The Balaban J connectivity index is 1.76. The minimum Gasteiger partial charge on any atom is -0.383 e. The highest BCUT2D eigenvalue weighted by Crippen LogP contribution is 2.22. The number of sulfonamides is 1. The van der Waals surface area contributed by atoms with E-state index in [4.69, 9.17) is 4.74 Å². The van der Waals surface area contributed by atoms with Gasteiger partial charge in [0.2, 0.25) is 10.0 Å². The molecular weight excluding hydrogens is 384 g/mol. The number of rotatable bonds is 8. The van der Waals surface area contributed by atoms with Gasteiger partial charge in [-0.05, 0) is 59.5 Å². The molecule has 1 amide bonds. The lowest BCUT2D eigenvalue weighted by Gasteiger charge is -2.22. The molecule has 0 aliphatic carbocycles. The average molecular weight is 409 g/mol. The lowest BCUT2D eigenvalue weighted by molar-refractivity contribution is 0.0680. The molecule has 3 rings (SSSR count). The van der Waals surface area contributed by atoms with Crippen LogP contribution in [0.1, 0.15) is 28.8 Å². The van der Waals surface area contributed by atoms with E-state index in [1.807, 2.05) is 16.8 Å². The maximum atomic E-state index is 12.9. The van der Waals surface area contributed by atoms with Gasteiger partial charge in [0.25, 0.3) is 5.91 Å². The molecule has 0 radical (unpaired) electrons. The number of thiophene rings is 1. The summed E-state index contributed by atoms with van der Waals surface area (Å²) in [6.07, 6.45) is 1.79. The Labute approximate surface area is 164 Å². The molecule has 1 aliphatic heterocycles. The number of carbonyl (C=O) groups is 1. The SMILES string of the molecule is COCCN(Cc1ccsc1)C(=O)c1ccc(S(=O)(=O)N2CCCC2)cc1. The third-order valence-corrected chi connectivity index (χ3v) is 7.26. The maximum Gasteiger partial charge on any atom is 0.254 e. The van der Waals surface area contributed by atoms with Crippen LogP contribution >= 0.6 is 11.3 Å². The molecule has 0 unspecified atom stereocenters. The highest BCUT2D eigenvalue weighted by molar-refractivity contribution is 7.89. The van der Waals surface area contributed by atoms with Crippen molar-refractivity contribution in [2.24, 2.45) is 0 Å². The molecule has 2 aromatic rings. The average Bonchev–Trinajstić information content (AvgIpc) is 3.38. The van der Waals surface area contributed by atoms with Crippen LogP contribution in [-0.4, -0.2) is 56.9 Å². The number of hydrogen-bond donors (Lipinski definition) is 0. The van der Waals surface area contributed by atoms with Gasteiger partial charge in [0.05, 0.1) is 11.5 Å². The summed E-state index contributed by atoms with van der Waals surface area (Å²) in [5, 5.41) is 3.99. The van der Waals surface area contributed by atoms with Crippen LogP contribution in [0, 0.1) is 0 Å². The Hall–Kier alpha value is -1.74. The fourth-order valence-electron chi connectivity index (χ4n) is 3.09. The van der Waals surface area contributed by atoms with Crippen LogP contribution in [-0.2, 0) is 21.3 Å². The van der Waals surface area contributed by atoms with Gasteiger partial charge in [0, 0.05) is 38.9 Å². The van der Waals surface area contributed by atoms with E-state index < -0.39 is 10.0 Å². The molecule has 1 saturated heterocycles. The fourth-order valence-corrected chi connectivity index (χ4v) is 5.26. The van der Waals surface area contributed by atoms with E-state index in [2.05, 4.69) is 0 Å². The van der Waals surface area contributed by atoms with Crippen LogP contribution in [0.5, 0.6) is 0 Å². The first-order valence-corrected chi connectivity index (χ1v) is 11.3. The van der Waals surface area contributed by atoms with Crippen LogP contribution in [0.25, 0.3) is 0 Å². The van der Waals surface area contributed by atoms with Gasteiger partial charge < -0.3 is 9.64 Å². The van der Waals surface area contributed by atoms with E-state index in [0.29, 0.717) is 38.3 Å². The number of methoxy groups -OCH3 is 1. The molecule has 0 saturated carbocycles. The monoisotopic (exact) mass is 408 g/mol. The van der Waals surface area contributed by atoms with Gasteiger partial charge in [0.15, 0.2) is 0 Å². The largest absolute Gasteiger partial charge is 0.383 e. The number of benzene rings is 1. The number of hydrogen-bond acceptors (Lipinski definition) is 5. The first-order chi connectivity index (χ1) is 13.0. The summed E-state index contributed by atoms with van der Waals surface area (Å²) < 4.78 is 31.9. The van der Waals surface area contributed by atoms with Gasteiger partial charge in [-0.3, -0.25) is 4.79 Å². The van der Waals surface area contributed by atoms with Gasteiger partial charge in [-0.15, -0.1) is 0 Å². The second kappa shape index (κ2) is 8.97. The van der Waals surface area contributed by atoms with E-state index in [1.165, 1.54) is 16.4 Å². The van der Waals surface area contributed by atoms with Crippen LogP contribution < -0.4 is 0 Å². The molecule has 1 aromatic heterocycles. The molecule has 8 heteroatoms. The Morgan fingerprint density at radius 1 is 1.19 bits per heavy atom. The molecule has 27 heavy (non-hydrogen) atoms. The van der Waals surface area contributed by atoms with Crippen molar-refractivity contribution < 1.29 is 17.9 Å². The van der Waals surface area contributed by atoms with E-state index >= 15 is 0 Å². The van der Waals surface area contributed by atoms with Gasteiger partial charge in [-0.25, -0.2) is 8.42 Å². The summed E-state index contributed by atoms with van der Waals surface area (Å²) in [6, 6.07) is 8.24. The number of carbonyl (C=O) groups excluding carboxylic acids is 1. The molecule has 0 N–H and O–H groups in total. The van der Waals surface area contributed by atoms with E-state index in [-0.39, 0.29) is 10.8 Å². The first kappa shape index (κ1) is 20.0. The number of amides is 1. The Morgan fingerprint density at radius 2 is 1.89 bits per heavy atom.